The van der Waals surface area contributed by atoms with Gasteiger partial charge in [-0.05, 0) is 36.9 Å². The lowest BCUT2D eigenvalue weighted by Crippen LogP contribution is -2.37. The monoisotopic (exact) mass is 282 g/mol. The smallest absolute Gasteiger partial charge is 0.328 e. The number of carboxylic acids is 1. The molecule has 0 atom stereocenters. The second-order valence-electron chi connectivity index (χ2n) is 4.48. The van der Waals surface area contributed by atoms with Gasteiger partial charge in [0.15, 0.2) is 0 Å². The number of nitrogens with two attached hydrogens (primary N) is 1. The molecule has 0 aliphatic rings. The van der Waals surface area contributed by atoms with Crippen LogP contribution in [0.4, 0.5) is 0 Å². The third kappa shape index (κ3) is 5.67. The van der Waals surface area contributed by atoms with Gasteiger partial charge in [-0.3, -0.25) is 9.69 Å². The summed E-state index contributed by atoms with van der Waals surface area (Å²) in [6.07, 6.45) is 2.66. The molecular formula is C13H18N2O3S. The van der Waals surface area contributed by atoms with Crippen molar-refractivity contribution in [3.05, 3.63) is 28.0 Å². The number of carboxylic acid groups (broad SMARTS) is 1. The minimum Gasteiger partial charge on any atom is -0.478 e. The van der Waals surface area contributed by atoms with Crippen LogP contribution in [0.2, 0.25) is 0 Å². The molecule has 0 saturated carbocycles. The van der Waals surface area contributed by atoms with Gasteiger partial charge in [0.2, 0.25) is 5.91 Å². The third-order valence-corrected chi connectivity index (χ3v) is 3.48. The van der Waals surface area contributed by atoms with E-state index in [0.717, 1.165) is 16.5 Å². The SMILES string of the molecule is CC(C)N(CC(N)=O)Cc1cc(C=CC(=O)O)cs1. The Bertz CT molecular complexity index is 480. The fourth-order valence-corrected chi connectivity index (χ4v) is 2.44. The number of hydrogen-bond donors (Lipinski definition) is 2. The van der Waals surface area contributed by atoms with Gasteiger partial charge in [-0.1, -0.05) is 0 Å². The van der Waals surface area contributed by atoms with E-state index in [1.165, 1.54) is 11.3 Å². The molecular weight excluding hydrogens is 264 g/mol. The van der Waals surface area contributed by atoms with Crippen LogP contribution in [0.5, 0.6) is 0 Å². The van der Waals surface area contributed by atoms with Crippen molar-refractivity contribution in [2.75, 3.05) is 6.54 Å². The summed E-state index contributed by atoms with van der Waals surface area (Å²) < 4.78 is 0. The van der Waals surface area contributed by atoms with E-state index in [0.29, 0.717) is 6.54 Å². The van der Waals surface area contributed by atoms with E-state index >= 15 is 0 Å². The van der Waals surface area contributed by atoms with Crippen molar-refractivity contribution >= 4 is 29.3 Å². The summed E-state index contributed by atoms with van der Waals surface area (Å²) in [5.41, 5.74) is 6.07. The number of amides is 1. The molecule has 0 unspecified atom stereocenters. The van der Waals surface area contributed by atoms with Crippen LogP contribution in [0.25, 0.3) is 6.08 Å². The summed E-state index contributed by atoms with van der Waals surface area (Å²) in [6, 6.07) is 2.13. The van der Waals surface area contributed by atoms with Gasteiger partial charge in [0.25, 0.3) is 0 Å². The predicted molar refractivity (Wildman–Crippen MR) is 75.7 cm³/mol. The zero-order valence-electron chi connectivity index (χ0n) is 11.0. The largest absolute Gasteiger partial charge is 0.478 e. The number of carbonyl (C=O) groups excluding carboxylic acids is 1. The van der Waals surface area contributed by atoms with E-state index in [9.17, 15) is 9.59 Å². The standard InChI is InChI=1S/C13H18N2O3S/c1-9(2)15(7-12(14)16)6-11-5-10(8-19-11)3-4-13(17)18/h3-5,8-9H,6-7H2,1-2H3,(H2,14,16)(H,17,18). The number of hydrogen-bond acceptors (Lipinski definition) is 4. The molecule has 19 heavy (non-hydrogen) atoms. The molecule has 6 heteroatoms. The van der Waals surface area contributed by atoms with E-state index in [1.807, 2.05) is 30.2 Å². The number of carbonyl (C=O) groups is 2. The molecule has 0 spiro atoms. The number of thiophene rings is 1. The van der Waals surface area contributed by atoms with Gasteiger partial charge >= 0.3 is 5.97 Å². The molecule has 1 heterocycles. The first-order chi connectivity index (χ1) is 8.88. The number of aliphatic carboxylic acids is 1. The highest BCUT2D eigenvalue weighted by molar-refractivity contribution is 7.10. The van der Waals surface area contributed by atoms with Crippen LogP contribution >= 0.6 is 11.3 Å². The predicted octanol–water partition coefficient (Wildman–Crippen LogP) is 1.54. The molecule has 0 saturated heterocycles. The van der Waals surface area contributed by atoms with Crippen molar-refractivity contribution in [3.8, 4) is 0 Å². The van der Waals surface area contributed by atoms with Gasteiger partial charge in [-0.15, -0.1) is 11.3 Å². The number of nitrogens with zero attached hydrogens (tertiary/aromatic N) is 1. The number of primary amides is 1. The van der Waals surface area contributed by atoms with E-state index < -0.39 is 5.97 Å². The Kier molecular flexibility index (Phi) is 5.72. The summed E-state index contributed by atoms with van der Waals surface area (Å²) in [5, 5.41) is 10.4. The van der Waals surface area contributed by atoms with Crippen LogP contribution in [0.1, 0.15) is 24.3 Å². The van der Waals surface area contributed by atoms with Crippen LogP contribution in [0.3, 0.4) is 0 Å². The molecule has 1 aromatic heterocycles. The van der Waals surface area contributed by atoms with Crippen LogP contribution in [0, 0.1) is 0 Å². The van der Waals surface area contributed by atoms with Gasteiger partial charge in [-0.25, -0.2) is 4.79 Å². The van der Waals surface area contributed by atoms with Crippen molar-refractivity contribution in [1.29, 1.82) is 0 Å². The van der Waals surface area contributed by atoms with Gasteiger partial charge in [0.1, 0.15) is 0 Å². The highest BCUT2D eigenvalue weighted by Gasteiger charge is 2.13. The molecule has 1 aromatic rings. The first-order valence-electron chi connectivity index (χ1n) is 5.89. The van der Waals surface area contributed by atoms with Gasteiger partial charge in [0, 0.05) is 23.5 Å². The Labute approximate surface area is 116 Å². The van der Waals surface area contributed by atoms with E-state index in [1.54, 1.807) is 6.08 Å². The molecule has 3 N–H and O–H groups in total. The zero-order chi connectivity index (χ0) is 14.4. The molecule has 0 bridgehead atoms. The molecule has 1 amide bonds. The molecule has 0 aliphatic carbocycles. The summed E-state index contributed by atoms with van der Waals surface area (Å²) in [5.74, 6) is -1.32. The molecule has 0 fully saturated rings. The van der Waals surface area contributed by atoms with Gasteiger partial charge < -0.3 is 10.8 Å². The first-order valence-corrected chi connectivity index (χ1v) is 6.77. The summed E-state index contributed by atoms with van der Waals surface area (Å²) in [6.45, 7) is 4.85. The highest BCUT2D eigenvalue weighted by atomic mass is 32.1. The van der Waals surface area contributed by atoms with Crippen LogP contribution < -0.4 is 5.73 Å². The zero-order valence-corrected chi connectivity index (χ0v) is 11.8. The van der Waals surface area contributed by atoms with E-state index in [2.05, 4.69) is 0 Å². The summed E-state index contributed by atoms with van der Waals surface area (Å²) in [4.78, 5) is 24.5. The van der Waals surface area contributed by atoms with Crippen molar-refractivity contribution in [3.63, 3.8) is 0 Å². The Morgan fingerprint density at radius 2 is 2.21 bits per heavy atom. The van der Waals surface area contributed by atoms with Crippen molar-refractivity contribution in [2.45, 2.75) is 26.4 Å². The molecule has 0 aliphatic heterocycles. The first kappa shape index (κ1) is 15.4. The Balaban J connectivity index is 2.70. The maximum atomic E-state index is 11.0. The third-order valence-electron chi connectivity index (χ3n) is 2.54. The van der Waals surface area contributed by atoms with E-state index in [4.69, 9.17) is 10.8 Å². The maximum absolute atomic E-state index is 11.0. The van der Waals surface area contributed by atoms with Gasteiger partial charge in [0.05, 0.1) is 6.54 Å². The topological polar surface area (TPSA) is 83.6 Å². The minimum atomic E-state index is -0.967. The molecule has 104 valence electrons. The second-order valence-corrected chi connectivity index (χ2v) is 5.48. The quantitative estimate of drug-likeness (QED) is 0.743. The Morgan fingerprint density at radius 3 is 2.74 bits per heavy atom. The average molecular weight is 282 g/mol. The average Bonchev–Trinajstić information content (AvgIpc) is 2.72. The molecule has 0 radical (unpaired) electrons. The van der Waals surface area contributed by atoms with Crippen molar-refractivity contribution in [2.24, 2.45) is 5.73 Å². The lowest BCUT2D eigenvalue weighted by molar-refractivity contribution is -0.131. The Morgan fingerprint density at radius 1 is 1.53 bits per heavy atom. The van der Waals surface area contributed by atoms with Crippen LogP contribution in [-0.2, 0) is 16.1 Å². The fraction of sp³-hybridized carbons (Fsp3) is 0.385. The fourth-order valence-electron chi connectivity index (χ4n) is 1.56. The minimum absolute atomic E-state index is 0.215. The molecule has 1 rings (SSSR count). The summed E-state index contributed by atoms with van der Waals surface area (Å²) >= 11 is 1.54. The molecule has 5 nitrogen and oxygen atoms in total. The van der Waals surface area contributed by atoms with Crippen LogP contribution in [-0.4, -0.2) is 34.5 Å². The van der Waals surface area contributed by atoms with Crippen LogP contribution in [0.15, 0.2) is 17.5 Å². The van der Waals surface area contributed by atoms with E-state index in [-0.39, 0.29) is 18.5 Å². The maximum Gasteiger partial charge on any atom is 0.328 e. The van der Waals surface area contributed by atoms with Crippen molar-refractivity contribution in [1.82, 2.24) is 4.90 Å². The second kappa shape index (κ2) is 7.06. The van der Waals surface area contributed by atoms with Gasteiger partial charge in [-0.2, -0.15) is 0 Å². The lowest BCUT2D eigenvalue weighted by Gasteiger charge is -2.24. The summed E-state index contributed by atoms with van der Waals surface area (Å²) in [7, 11) is 0. The number of rotatable bonds is 7. The Hall–Kier alpha value is -1.66. The molecule has 0 aromatic carbocycles. The normalized spacial score (nSPS) is 11.6. The highest BCUT2D eigenvalue weighted by Crippen LogP contribution is 2.19. The lowest BCUT2D eigenvalue weighted by atomic mass is 10.2. The van der Waals surface area contributed by atoms with Crippen molar-refractivity contribution < 1.29 is 14.7 Å².